The van der Waals surface area contributed by atoms with Gasteiger partial charge in [0.15, 0.2) is 0 Å². The number of nitrogens with one attached hydrogen (secondary N) is 1. The Labute approximate surface area is 119 Å². The molecule has 1 heterocycles. The van der Waals surface area contributed by atoms with E-state index in [0.29, 0.717) is 31.1 Å². The third-order valence-electron chi connectivity index (χ3n) is 3.50. The van der Waals surface area contributed by atoms with E-state index < -0.39 is 10.0 Å². The summed E-state index contributed by atoms with van der Waals surface area (Å²) in [4.78, 5) is 0. The Morgan fingerprint density at radius 3 is 2.68 bits per heavy atom. The maximum absolute atomic E-state index is 12.0. The van der Waals surface area contributed by atoms with Crippen molar-refractivity contribution >= 4 is 21.6 Å². The first-order valence-corrected chi connectivity index (χ1v) is 8.20. The van der Waals surface area contributed by atoms with Gasteiger partial charge in [-0.05, 0) is 37.6 Å². The average molecular weight is 304 g/mol. The zero-order valence-electron chi connectivity index (χ0n) is 10.8. The minimum Gasteiger partial charge on any atom is -0.381 e. The fraction of sp³-hybridized carbons (Fsp3) is 0.538. The second-order valence-electron chi connectivity index (χ2n) is 4.74. The predicted molar refractivity (Wildman–Crippen MR) is 75.8 cm³/mol. The minimum atomic E-state index is -3.25. The topological polar surface area (TPSA) is 55.4 Å². The molecule has 0 spiro atoms. The highest BCUT2D eigenvalue weighted by Crippen LogP contribution is 2.25. The van der Waals surface area contributed by atoms with Crippen LogP contribution >= 0.6 is 11.6 Å². The van der Waals surface area contributed by atoms with Crippen LogP contribution in [-0.4, -0.2) is 33.9 Å². The molecule has 2 rings (SSSR count). The van der Waals surface area contributed by atoms with Crippen molar-refractivity contribution in [1.82, 2.24) is 4.72 Å². The van der Waals surface area contributed by atoms with E-state index in [-0.39, 0.29) is 11.2 Å². The van der Waals surface area contributed by atoms with Gasteiger partial charge in [-0.1, -0.05) is 23.7 Å². The van der Waals surface area contributed by atoms with Crippen LogP contribution in [0, 0.1) is 5.92 Å². The van der Waals surface area contributed by atoms with E-state index in [1.54, 1.807) is 0 Å². The third-order valence-corrected chi connectivity index (χ3v) is 5.74. The highest BCUT2D eigenvalue weighted by Gasteiger charge is 2.35. The van der Waals surface area contributed by atoms with Gasteiger partial charge in [-0.2, -0.15) is 0 Å². The summed E-state index contributed by atoms with van der Waals surface area (Å²) in [5, 5.41) is 0.296. The molecule has 0 unspecified atom stereocenters. The lowest BCUT2D eigenvalue weighted by molar-refractivity contribution is 0.0570. The van der Waals surface area contributed by atoms with Crippen molar-refractivity contribution < 1.29 is 13.2 Å². The molecule has 1 aliphatic heterocycles. The molecule has 0 amide bonds. The summed E-state index contributed by atoms with van der Waals surface area (Å²) in [5.74, 6) is -0.0209. The van der Waals surface area contributed by atoms with E-state index in [2.05, 4.69) is 4.72 Å². The molecule has 1 aromatic rings. The normalized spacial score (nSPS) is 24.3. The minimum absolute atomic E-state index is 0.0209. The molecule has 1 aliphatic rings. The van der Waals surface area contributed by atoms with Gasteiger partial charge in [0.1, 0.15) is 0 Å². The van der Waals surface area contributed by atoms with E-state index in [0.717, 1.165) is 5.56 Å². The molecule has 0 saturated carbocycles. The number of ether oxygens (including phenoxy) is 1. The van der Waals surface area contributed by atoms with E-state index in [4.69, 9.17) is 16.3 Å². The highest BCUT2D eigenvalue weighted by atomic mass is 35.5. The van der Waals surface area contributed by atoms with Crippen molar-refractivity contribution in [2.75, 3.05) is 20.3 Å². The summed E-state index contributed by atoms with van der Waals surface area (Å²) < 4.78 is 31.9. The summed E-state index contributed by atoms with van der Waals surface area (Å²) in [5.41, 5.74) is 1.08. The Morgan fingerprint density at radius 2 is 2.05 bits per heavy atom. The monoisotopic (exact) mass is 303 g/mol. The molecule has 0 bridgehead atoms. The molecule has 6 heteroatoms. The summed E-state index contributed by atoms with van der Waals surface area (Å²) in [7, 11) is -1.79. The van der Waals surface area contributed by atoms with Gasteiger partial charge in [0.2, 0.25) is 10.0 Å². The van der Waals surface area contributed by atoms with Crippen LogP contribution in [0.25, 0.3) is 0 Å². The number of hydrogen-bond donors (Lipinski definition) is 1. The van der Waals surface area contributed by atoms with Crippen molar-refractivity contribution in [3.8, 4) is 0 Å². The largest absolute Gasteiger partial charge is 0.381 e. The fourth-order valence-electron chi connectivity index (χ4n) is 2.45. The molecule has 2 atom stereocenters. The summed E-state index contributed by atoms with van der Waals surface area (Å²) in [6.07, 6.45) is 1.23. The molecule has 1 aromatic carbocycles. The van der Waals surface area contributed by atoms with Crippen LogP contribution < -0.4 is 4.72 Å². The molecular weight excluding hydrogens is 286 g/mol. The lowest BCUT2D eigenvalue weighted by Crippen LogP contribution is -2.43. The van der Waals surface area contributed by atoms with Gasteiger partial charge in [-0.25, -0.2) is 13.1 Å². The first-order chi connectivity index (χ1) is 9.03. The first kappa shape index (κ1) is 14.8. The van der Waals surface area contributed by atoms with Crippen LogP contribution in [-0.2, 0) is 21.2 Å². The Bertz CT molecular complexity index is 515. The van der Waals surface area contributed by atoms with Gasteiger partial charge >= 0.3 is 0 Å². The second kappa shape index (κ2) is 6.22. The van der Waals surface area contributed by atoms with Crippen LogP contribution in [0.3, 0.4) is 0 Å². The van der Waals surface area contributed by atoms with Gasteiger partial charge in [0, 0.05) is 17.5 Å². The fourth-order valence-corrected chi connectivity index (χ4v) is 3.97. The maximum atomic E-state index is 12.0. The van der Waals surface area contributed by atoms with E-state index in [9.17, 15) is 8.42 Å². The third kappa shape index (κ3) is 3.69. The van der Waals surface area contributed by atoms with Crippen molar-refractivity contribution in [2.24, 2.45) is 5.92 Å². The van der Waals surface area contributed by atoms with E-state index in [1.165, 1.54) is 7.05 Å². The SMILES string of the molecule is CNS(=O)(=O)[C@H]1CCOC[C@H]1Cc1ccc(Cl)cc1. The number of halogens is 1. The lowest BCUT2D eigenvalue weighted by atomic mass is 9.94. The van der Waals surface area contributed by atoms with Crippen LogP contribution in [0.4, 0.5) is 0 Å². The molecule has 4 nitrogen and oxygen atoms in total. The van der Waals surface area contributed by atoms with Crippen molar-refractivity contribution in [3.63, 3.8) is 0 Å². The van der Waals surface area contributed by atoms with Crippen molar-refractivity contribution in [3.05, 3.63) is 34.9 Å². The number of sulfonamides is 1. The molecule has 0 radical (unpaired) electrons. The molecule has 1 N–H and O–H groups in total. The molecular formula is C13H18ClNO3S. The lowest BCUT2D eigenvalue weighted by Gasteiger charge is -2.31. The standard InChI is InChI=1S/C13H18ClNO3S/c1-15-19(16,17)13-6-7-18-9-11(13)8-10-2-4-12(14)5-3-10/h2-5,11,13,15H,6-9H2,1H3/t11-,13+/m1/s1. The molecule has 106 valence electrons. The number of hydrogen-bond acceptors (Lipinski definition) is 3. The Hall–Kier alpha value is -0.620. The summed E-state index contributed by atoms with van der Waals surface area (Å²) in [6, 6.07) is 7.50. The smallest absolute Gasteiger partial charge is 0.214 e. The van der Waals surface area contributed by atoms with E-state index >= 15 is 0 Å². The Morgan fingerprint density at radius 1 is 1.37 bits per heavy atom. The average Bonchev–Trinajstić information content (AvgIpc) is 2.42. The van der Waals surface area contributed by atoms with Crippen LogP contribution in [0.5, 0.6) is 0 Å². The zero-order valence-corrected chi connectivity index (χ0v) is 12.4. The molecule has 0 aliphatic carbocycles. The zero-order chi connectivity index (χ0) is 13.9. The number of rotatable bonds is 4. The second-order valence-corrected chi connectivity index (χ2v) is 7.28. The van der Waals surface area contributed by atoms with Crippen LogP contribution in [0.2, 0.25) is 5.02 Å². The number of benzene rings is 1. The van der Waals surface area contributed by atoms with Crippen LogP contribution in [0.1, 0.15) is 12.0 Å². The molecule has 1 saturated heterocycles. The molecule has 0 aromatic heterocycles. The Kier molecular flexibility index (Phi) is 4.84. The van der Waals surface area contributed by atoms with Gasteiger partial charge in [0.25, 0.3) is 0 Å². The van der Waals surface area contributed by atoms with E-state index in [1.807, 2.05) is 24.3 Å². The Balaban J connectivity index is 2.14. The highest BCUT2D eigenvalue weighted by molar-refractivity contribution is 7.90. The van der Waals surface area contributed by atoms with Gasteiger partial charge < -0.3 is 4.74 Å². The van der Waals surface area contributed by atoms with Crippen molar-refractivity contribution in [1.29, 1.82) is 0 Å². The van der Waals surface area contributed by atoms with Crippen LogP contribution in [0.15, 0.2) is 24.3 Å². The van der Waals surface area contributed by atoms with Gasteiger partial charge in [0.05, 0.1) is 11.9 Å². The maximum Gasteiger partial charge on any atom is 0.214 e. The predicted octanol–water partition coefficient (Wildman–Crippen LogP) is 1.84. The quantitative estimate of drug-likeness (QED) is 0.923. The van der Waals surface area contributed by atoms with Crippen molar-refractivity contribution in [2.45, 2.75) is 18.1 Å². The summed E-state index contributed by atoms with van der Waals surface area (Å²) >= 11 is 5.85. The molecule has 19 heavy (non-hydrogen) atoms. The van der Waals surface area contributed by atoms with Gasteiger partial charge in [-0.15, -0.1) is 0 Å². The summed E-state index contributed by atoms with van der Waals surface area (Å²) in [6.45, 7) is 0.983. The molecule has 1 fully saturated rings. The van der Waals surface area contributed by atoms with Gasteiger partial charge in [-0.3, -0.25) is 0 Å². The first-order valence-electron chi connectivity index (χ1n) is 6.27.